The van der Waals surface area contributed by atoms with Crippen LogP contribution in [0.15, 0.2) is 48.2 Å². The molecule has 0 unspecified atom stereocenters. The second-order valence-electron chi connectivity index (χ2n) is 5.18. The molecule has 1 aliphatic heterocycles. The lowest BCUT2D eigenvalue weighted by atomic mass is 10.2. The minimum absolute atomic E-state index is 0.0592. The van der Waals surface area contributed by atoms with Crippen molar-refractivity contribution < 1.29 is 14.0 Å². The van der Waals surface area contributed by atoms with E-state index in [0.29, 0.717) is 21.2 Å². The normalized spacial score (nSPS) is 16.0. The minimum Gasteiger partial charge on any atom is -0.303 e. The summed E-state index contributed by atoms with van der Waals surface area (Å²) in [5, 5.41) is 3.27. The zero-order chi connectivity index (χ0) is 17.3. The highest BCUT2D eigenvalue weighted by Crippen LogP contribution is 2.24. The summed E-state index contributed by atoms with van der Waals surface area (Å²) in [7, 11) is 0. The molecule has 24 heavy (non-hydrogen) atoms. The number of imide groups is 1. The van der Waals surface area contributed by atoms with E-state index in [9.17, 15) is 14.0 Å². The molecule has 0 aromatic heterocycles. The lowest BCUT2D eigenvalue weighted by molar-refractivity contribution is -0.123. The molecule has 1 heterocycles. The summed E-state index contributed by atoms with van der Waals surface area (Å²) in [4.78, 5) is 25.4. The lowest BCUT2D eigenvalue weighted by Gasteiger charge is -2.11. The van der Waals surface area contributed by atoms with Crippen LogP contribution in [0.1, 0.15) is 11.1 Å². The summed E-state index contributed by atoms with van der Waals surface area (Å²) in [6.07, 6.45) is 1.52. The third-order valence-electron chi connectivity index (χ3n) is 3.47. The Labute approximate surface area is 147 Å². The van der Waals surface area contributed by atoms with E-state index < -0.39 is 11.9 Å². The molecule has 1 saturated heterocycles. The molecule has 1 N–H and O–H groups in total. The van der Waals surface area contributed by atoms with Gasteiger partial charge in [0.25, 0.3) is 5.91 Å². The molecule has 0 radical (unpaired) electrons. The third kappa shape index (κ3) is 3.42. The van der Waals surface area contributed by atoms with Crippen molar-refractivity contribution in [2.45, 2.75) is 6.54 Å². The Morgan fingerprint density at radius 2 is 1.75 bits per heavy atom. The zero-order valence-electron chi connectivity index (χ0n) is 12.2. The van der Waals surface area contributed by atoms with Gasteiger partial charge in [-0.2, -0.15) is 0 Å². The minimum atomic E-state index is -0.532. The largest absolute Gasteiger partial charge is 0.329 e. The van der Waals surface area contributed by atoms with E-state index in [1.807, 2.05) is 0 Å². The second-order valence-corrected chi connectivity index (χ2v) is 5.99. The fourth-order valence-electron chi connectivity index (χ4n) is 2.26. The number of nitrogens with one attached hydrogen (secondary N) is 1. The van der Waals surface area contributed by atoms with Crippen molar-refractivity contribution in [3.63, 3.8) is 0 Å². The van der Waals surface area contributed by atoms with Crippen LogP contribution >= 0.6 is 23.2 Å². The van der Waals surface area contributed by atoms with Crippen molar-refractivity contribution in [2.75, 3.05) is 0 Å². The molecular weight excluding hydrogens is 354 g/mol. The van der Waals surface area contributed by atoms with Crippen LogP contribution in [0.25, 0.3) is 6.08 Å². The van der Waals surface area contributed by atoms with Crippen molar-refractivity contribution in [1.82, 2.24) is 10.2 Å². The van der Waals surface area contributed by atoms with E-state index in [4.69, 9.17) is 23.2 Å². The first-order chi connectivity index (χ1) is 11.4. The fourth-order valence-corrected chi connectivity index (χ4v) is 2.56. The summed E-state index contributed by atoms with van der Waals surface area (Å²) in [5.41, 5.74) is 1.42. The van der Waals surface area contributed by atoms with Crippen LogP contribution in [0.5, 0.6) is 0 Å². The number of carbonyl (C=O) groups excluding carboxylic acids is 2. The number of nitrogens with zero attached hydrogens (tertiary/aromatic N) is 1. The molecule has 7 heteroatoms. The SMILES string of the molecule is O=C1NC(=Cc2ccc(Cl)c(Cl)c2)C(=O)N1Cc1ccc(F)cc1. The Hall–Kier alpha value is -2.37. The molecule has 2 aromatic rings. The van der Waals surface area contributed by atoms with Crippen molar-refractivity contribution in [1.29, 1.82) is 0 Å². The Balaban J connectivity index is 1.81. The standard InChI is InChI=1S/C17H11Cl2FN2O2/c18-13-6-3-11(7-14(13)19)8-15-16(23)22(17(24)21-15)9-10-1-4-12(20)5-2-10/h1-8H,9H2,(H,21,24). The molecule has 0 saturated carbocycles. The van der Waals surface area contributed by atoms with Crippen LogP contribution in [-0.2, 0) is 11.3 Å². The Bertz CT molecular complexity index is 850. The van der Waals surface area contributed by atoms with Crippen LogP contribution in [-0.4, -0.2) is 16.8 Å². The maximum Gasteiger partial charge on any atom is 0.329 e. The second kappa shape index (κ2) is 6.63. The first kappa shape index (κ1) is 16.5. The molecule has 0 atom stereocenters. The number of amides is 3. The van der Waals surface area contributed by atoms with Crippen LogP contribution in [0.2, 0.25) is 10.0 Å². The van der Waals surface area contributed by atoms with Gasteiger partial charge in [0.15, 0.2) is 0 Å². The molecule has 0 spiro atoms. The average Bonchev–Trinajstić information content (AvgIpc) is 2.80. The number of carbonyl (C=O) groups is 2. The number of urea groups is 1. The van der Waals surface area contributed by atoms with E-state index in [1.54, 1.807) is 18.2 Å². The van der Waals surface area contributed by atoms with Crippen LogP contribution < -0.4 is 5.32 Å². The average molecular weight is 365 g/mol. The molecule has 1 fully saturated rings. The van der Waals surface area contributed by atoms with Crippen LogP contribution in [0.3, 0.4) is 0 Å². The van der Waals surface area contributed by atoms with Gasteiger partial charge in [-0.15, -0.1) is 0 Å². The summed E-state index contributed by atoms with van der Waals surface area (Å²) >= 11 is 11.8. The lowest BCUT2D eigenvalue weighted by Crippen LogP contribution is -2.30. The molecule has 1 aliphatic rings. The van der Waals surface area contributed by atoms with Crippen molar-refractivity contribution in [3.05, 3.63) is 75.2 Å². The molecule has 3 amide bonds. The first-order valence-corrected chi connectivity index (χ1v) is 7.73. The van der Waals surface area contributed by atoms with Crippen molar-refractivity contribution in [3.8, 4) is 0 Å². The van der Waals surface area contributed by atoms with Gasteiger partial charge >= 0.3 is 6.03 Å². The van der Waals surface area contributed by atoms with Gasteiger partial charge in [-0.3, -0.25) is 9.69 Å². The third-order valence-corrected chi connectivity index (χ3v) is 4.21. The zero-order valence-corrected chi connectivity index (χ0v) is 13.7. The number of hydrogen-bond donors (Lipinski definition) is 1. The van der Waals surface area contributed by atoms with Gasteiger partial charge in [-0.25, -0.2) is 9.18 Å². The highest BCUT2D eigenvalue weighted by Gasteiger charge is 2.33. The predicted molar refractivity (Wildman–Crippen MR) is 89.9 cm³/mol. The summed E-state index contributed by atoms with van der Waals surface area (Å²) in [6.45, 7) is 0.0592. The van der Waals surface area contributed by atoms with E-state index in [2.05, 4.69) is 5.32 Å². The van der Waals surface area contributed by atoms with E-state index in [-0.39, 0.29) is 18.1 Å². The Kier molecular flexibility index (Phi) is 4.55. The maximum absolute atomic E-state index is 12.9. The number of benzene rings is 2. The van der Waals surface area contributed by atoms with E-state index in [1.165, 1.54) is 30.3 Å². The van der Waals surface area contributed by atoms with E-state index >= 15 is 0 Å². The van der Waals surface area contributed by atoms with Gasteiger partial charge in [0.05, 0.1) is 16.6 Å². The fraction of sp³-hybridized carbons (Fsp3) is 0.0588. The molecule has 122 valence electrons. The summed E-state index contributed by atoms with van der Waals surface area (Å²) in [6, 6.07) is 9.96. The van der Waals surface area contributed by atoms with Crippen molar-refractivity contribution >= 4 is 41.2 Å². The highest BCUT2D eigenvalue weighted by molar-refractivity contribution is 6.42. The predicted octanol–water partition coefficient (Wildman–Crippen LogP) is 4.23. The molecule has 0 bridgehead atoms. The van der Waals surface area contributed by atoms with Gasteiger partial charge in [0.2, 0.25) is 0 Å². The van der Waals surface area contributed by atoms with Gasteiger partial charge in [0, 0.05) is 0 Å². The van der Waals surface area contributed by atoms with E-state index in [0.717, 1.165) is 4.90 Å². The van der Waals surface area contributed by atoms with Crippen molar-refractivity contribution in [2.24, 2.45) is 0 Å². The summed E-state index contributed by atoms with van der Waals surface area (Å²) in [5.74, 6) is -0.841. The molecule has 2 aromatic carbocycles. The first-order valence-electron chi connectivity index (χ1n) is 6.98. The molecule has 4 nitrogen and oxygen atoms in total. The van der Waals surface area contributed by atoms with Gasteiger partial charge in [-0.1, -0.05) is 41.4 Å². The summed E-state index contributed by atoms with van der Waals surface area (Å²) < 4.78 is 12.9. The molecule has 3 rings (SSSR count). The Morgan fingerprint density at radius 3 is 2.42 bits per heavy atom. The number of halogens is 3. The smallest absolute Gasteiger partial charge is 0.303 e. The van der Waals surface area contributed by atoms with Gasteiger partial charge in [0.1, 0.15) is 11.5 Å². The van der Waals surface area contributed by atoms with Crippen LogP contribution in [0, 0.1) is 5.82 Å². The topological polar surface area (TPSA) is 49.4 Å². The van der Waals surface area contributed by atoms with Gasteiger partial charge in [-0.05, 0) is 41.5 Å². The molecule has 0 aliphatic carbocycles. The highest BCUT2D eigenvalue weighted by atomic mass is 35.5. The number of hydrogen-bond acceptors (Lipinski definition) is 2. The monoisotopic (exact) mass is 364 g/mol. The van der Waals surface area contributed by atoms with Gasteiger partial charge < -0.3 is 5.32 Å². The quantitative estimate of drug-likeness (QED) is 0.654. The number of rotatable bonds is 3. The van der Waals surface area contributed by atoms with Crippen LogP contribution in [0.4, 0.5) is 9.18 Å². The Morgan fingerprint density at radius 1 is 1.04 bits per heavy atom. The molecular formula is C17H11Cl2FN2O2. The maximum atomic E-state index is 12.9.